The molecule has 1 aliphatic carbocycles. The van der Waals surface area contributed by atoms with Gasteiger partial charge in [-0.05, 0) is 0 Å². The van der Waals surface area contributed by atoms with Gasteiger partial charge in [0.1, 0.15) is 5.69 Å². The third-order valence-electron chi connectivity index (χ3n) is 6.68. The van der Waals surface area contributed by atoms with Crippen LogP contribution in [-0.4, -0.2) is 96.5 Å². The maximum absolute atomic E-state index is 13.3. The lowest BCUT2D eigenvalue weighted by Gasteiger charge is -2.43. The molecule has 2 saturated heterocycles. The second-order valence-corrected chi connectivity index (χ2v) is 11.6. The van der Waals surface area contributed by atoms with Crippen LogP contribution >= 0.6 is 11.3 Å². The van der Waals surface area contributed by atoms with Gasteiger partial charge in [0.25, 0.3) is 0 Å². The van der Waals surface area contributed by atoms with Crippen molar-refractivity contribution >= 4 is 50.1 Å². The SMILES string of the molecule is Nc1nc(/C(=N/OC2(C(=O)O)CC2)C(=O)C[C@@H]2C(=O)N(S(=O)(=O)O)[C@@H]2Cn2ncc(CNC3CNC3)n2)cs1. The number of nitrogen functional groups attached to an aromatic ring is 1. The summed E-state index contributed by atoms with van der Waals surface area (Å²) in [5.74, 6) is -4.17. The second kappa shape index (κ2) is 10.2. The van der Waals surface area contributed by atoms with Crippen LogP contribution < -0.4 is 16.4 Å². The number of aromatic nitrogens is 4. The molecule has 19 heteroatoms. The summed E-state index contributed by atoms with van der Waals surface area (Å²) in [5.41, 5.74) is 4.37. The Morgan fingerprint density at radius 1 is 1.36 bits per heavy atom. The van der Waals surface area contributed by atoms with Gasteiger partial charge >= 0.3 is 16.3 Å². The quantitative estimate of drug-likeness (QED) is 0.0741. The zero-order chi connectivity index (χ0) is 27.9. The molecule has 2 atom stereocenters. The summed E-state index contributed by atoms with van der Waals surface area (Å²) in [4.78, 5) is 47.9. The molecule has 1 saturated carbocycles. The number of carbonyl (C=O) groups excluding carboxylic acids is 2. The van der Waals surface area contributed by atoms with E-state index < -0.39 is 51.9 Å². The highest BCUT2D eigenvalue weighted by Gasteiger charge is 2.56. The topological polar surface area (TPSA) is 244 Å². The number of rotatable bonds is 13. The maximum atomic E-state index is 13.3. The van der Waals surface area contributed by atoms with Gasteiger partial charge in [-0.15, -0.1) is 11.3 Å². The molecule has 2 aromatic heterocycles. The van der Waals surface area contributed by atoms with E-state index in [9.17, 15) is 32.5 Å². The van der Waals surface area contributed by atoms with E-state index in [2.05, 4.69) is 31.0 Å². The number of carboxylic acid groups (broad SMARTS) is 1. The molecule has 0 unspecified atom stereocenters. The number of β-lactam (4-membered cyclic amide) rings is 1. The molecule has 0 radical (unpaired) electrons. The number of nitrogens with two attached hydrogens (primary N) is 1. The van der Waals surface area contributed by atoms with Gasteiger partial charge in [-0.2, -0.15) is 23.4 Å². The van der Waals surface area contributed by atoms with Gasteiger partial charge in [0, 0.05) is 50.3 Å². The van der Waals surface area contributed by atoms with Gasteiger partial charge in [0.05, 0.1) is 30.4 Å². The van der Waals surface area contributed by atoms with Crippen LogP contribution in [0.1, 0.15) is 30.7 Å². The maximum Gasteiger partial charge on any atom is 0.362 e. The van der Waals surface area contributed by atoms with E-state index in [0.29, 0.717) is 18.3 Å². The van der Waals surface area contributed by atoms with E-state index in [0.717, 1.165) is 24.4 Å². The summed E-state index contributed by atoms with van der Waals surface area (Å²) in [7, 11) is -4.93. The highest BCUT2D eigenvalue weighted by molar-refractivity contribution is 7.84. The van der Waals surface area contributed by atoms with Crippen molar-refractivity contribution in [3.8, 4) is 0 Å². The standard InChI is InChI=1S/C20H25N9O8S2/c21-19-25-13(9-38-19)16(27-37-20(1-2-20)18(32)33)15(30)3-12-14(29(17(12)31)39(34,35)36)8-28-24-7-11(26-28)6-23-10-4-22-5-10/h7,9-10,12,14,22-23H,1-6,8H2,(H2,21,25)(H,32,33)(H,34,35,36)/b27-16-/t12-,14+/m0/s1. The summed E-state index contributed by atoms with van der Waals surface area (Å²) in [5, 5.41) is 29.4. The number of nitrogens with one attached hydrogen (secondary N) is 2. The summed E-state index contributed by atoms with van der Waals surface area (Å²) >= 11 is 1.01. The van der Waals surface area contributed by atoms with Gasteiger partial charge in [-0.1, -0.05) is 5.16 Å². The fourth-order valence-electron chi connectivity index (χ4n) is 4.16. The number of carboxylic acids is 1. The number of thiazole rings is 1. The molecule has 5 rings (SSSR count). The number of hydrogen-bond donors (Lipinski definition) is 5. The molecular formula is C20H25N9O8S2. The minimum absolute atomic E-state index is 0.0196. The van der Waals surface area contributed by atoms with Crippen LogP contribution in [0.5, 0.6) is 0 Å². The monoisotopic (exact) mass is 583 g/mol. The lowest BCUT2D eigenvalue weighted by atomic mass is 9.84. The van der Waals surface area contributed by atoms with Gasteiger partial charge < -0.3 is 26.3 Å². The van der Waals surface area contributed by atoms with E-state index in [-0.39, 0.29) is 40.2 Å². The van der Waals surface area contributed by atoms with E-state index in [4.69, 9.17) is 10.6 Å². The average Bonchev–Trinajstić information content (AvgIpc) is 3.30. The number of oxime groups is 1. The Morgan fingerprint density at radius 2 is 2.10 bits per heavy atom. The second-order valence-electron chi connectivity index (χ2n) is 9.44. The predicted octanol–water partition coefficient (Wildman–Crippen LogP) is -1.99. The molecular weight excluding hydrogens is 558 g/mol. The van der Waals surface area contributed by atoms with Crippen molar-refractivity contribution in [3.05, 3.63) is 23.0 Å². The van der Waals surface area contributed by atoms with Crippen molar-refractivity contribution in [1.29, 1.82) is 0 Å². The first kappa shape index (κ1) is 27.1. The van der Waals surface area contributed by atoms with Crippen LogP contribution in [0.25, 0.3) is 0 Å². The Kier molecular flexibility index (Phi) is 7.10. The minimum atomic E-state index is -4.93. The molecule has 0 aromatic carbocycles. The first-order valence-corrected chi connectivity index (χ1v) is 14.1. The van der Waals surface area contributed by atoms with Crippen molar-refractivity contribution in [1.82, 2.24) is 34.9 Å². The summed E-state index contributed by atoms with van der Waals surface area (Å²) in [6, 6.07) is -0.861. The summed E-state index contributed by atoms with van der Waals surface area (Å²) < 4.78 is 33.7. The number of ketones is 1. The number of hydrogen-bond acceptors (Lipinski definition) is 14. The molecule has 210 valence electrons. The fourth-order valence-corrected chi connectivity index (χ4v) is 5.62. The van der Waals surface area contributed by atoms with Crippen molar-refractivity contribution in [2.45, 2.75) is 50.0 Å². The molecule has 4 heterocycles. The largest absolute Gasteiger partial charge is 0.478 e. The number of aliphatic carboxylic acids is 1. The van der Waals surface area contributed by atoms with E-state index in [1.54, 1.807) is 0 Å². The lowest BCUT2D eigenvalue weighted by Crippen LogP contribution is -2.64. The normalized spacial score (nSPS) is 22.7. The van der Waals surface area contributed by atoms with Crippen molar-refractivity contribution in [2.75, 3.05) is 18.8 Å². The third kappa shape index (κ3) is 5.62. The Labute approximate surface area is 225 Å². The molecule has 2 aliphatic heterocycles. The van der Waals surface area contributed by atoms with Gasteiger partial charge in [-0.25, -0.2) is 14.1 Å². The van der Waals surface area contributed by atoms with Crippen LogP contribution in [0, 0.1) is 5.92 Å². The zero-order valence-electron chi connectivity index (χ0n) is 20.3. The number of Topliss-reactive ketones (excluding diaryl/α,β-unsaturated/α-hetero) is 1. The molecule has 3 fully saturated rings. The van der Waals surface area contributed by atoms with E-state index >= 15 is 0 Å². The molecule has 6 N–H and O–H groups in total. The lowest BCUT2D eigenvalue weighted by molar-refractivity contribution is -0.153. The van der Waals surface area contributed by atoms with Crippen LogP contribution in [0.2, 0.25) is 0 Å². The predicted molar refractivity (Wildman–Crippen MR) is 133 cm³/mol. The average molecular weight is 584 g/mol. The third-order valence-corrected chi connectivity index (χ3v) is 8.30. The number of amides is 1. The molecule has 17 nitrogen and oxygen atoms in total. The van der Waals surface area contributed by atoms with Crippen LogP contribution in [0.3, 0.4) is 0 Å². The summed E-state index contributed by atoms with van der Waals surface area (Å²) in [6.45, 7) is 1.87. The van der Waals surface area contributed by atoms with Crippen LogP contribution in [0.15, 0.2) is 16.7 Å². The first-order chi connectivity index (χ1) is 18.5. The molecule has 0 bridgehead atoms. The Bertz CT molecular complexity index is 1430. The Hall–Kier alpha value is -3.52. The zero-order valence-corrected chi connectivity index (χ0v) is 21.9. The molecule has 3 aliphatic rings. The Morgan fingerprint density at radius 3 is 2.67 bits per heavy atom. The van der Waals surface area contributed by atoms with Crippen LogP contribution in [0.4, 0.5) is 5.13 Å². The van der Waals surface area contributed by atoms with Crippen molar-refractivity contribution < 1.29 is 37.3 Å². The van der Waals surface area contributed by atoms with Gasteiger partial charge in [0.15, 0.2) is 16.6 Å². The van der Waals surface area contributed by atoms with E-state index in [1.807, 2.05) is 0 Å². The number of nitrogens with zero attached hydrogens (tertiary/aromatic N) is 6. The van der Waals surface area contributed by atoms with Gasteiger partial charge in [-0.3, -0.25) is 14.1 Å². The molecule has 0 spiro atoms. The van der Waals surface area contributed by atoms with Crippen molar-refractivity contribution in [3.63, 3.8) is 0 Å². The minimum Gasteiger partial charge on any atom is -0.478 e. The molecule has 39 heavy (non-hydrogen) atoms. The molecule has 1 amide bonds. The smallest absolute Gasteiger partial charge is 0.362 e. The Balaban J connectivity index is 1.33. The highest BCUT2D eigenvalue weighted by Crippen LogP contribution is 2.40. The van der Waals surface area contributed by atoms with Crippen LogP contribution in [-0.2, 0) is 42.6 Å². The van der Waals surface area contributed by atoms with Crippen molar-refractivity contribution in [2.24, 2.45) is 11.1 Å². The number of anilines is 1. The fraction of sp³-hybridized carbons (Fsp3) is 0.550. The first-order valence-electron chi connectivity index (χ1n) is 11.8. The number of carbonyl (C=O) groups is 3. The van der Waals surface area contributed by atoms with E-state index in [1.165, 1.54) is 16.4 Å². The summed E-state index contributed by atoms with van der Waals surface area (Å²) in [6.07, 6.45) is 1.36. The highest BCUT2D eigenvalue weighted by atomic mass is 32.2. The van der Waals surface area contributed by atoms with Gasteiger partial charge in [0.2, 0.25) is 11.5 Å². The molecule has 2 aromatic rings.